The number of esters is 1. The number of anilines is 1. The average molecular weight is 392 g/mol. The van der Waals surface area contributed by atoms with E-state index in [-0.39, 0.29) is 5.76 Å². The fraction of sp³-hybridized carbons (Fsp3) is 0.476. The molecule has 0 saturated heterocycles. The molecule has 1 aromatic carbocycles. The van der Waals surface area contributed by atoms with Crippen LogP contribution in [0.4, 0.5) is 5.69 Å². The molecule has 0 aliphatic carbocycles. The van der Waals surface area contributed by atoms with Crippen LogP contribution >= 0.6 is 0 Å². The van der Waals surface area contributed by atoms with Crippen molar-refractivity contribution < 1.29 is 23.8 Å². The van der Waals surface area contributed by atoms with Crippen molar-refractivity contribution in [2.24, 2.45) is 0 Å². The van der Waals surface area contributed by atoms with Gasteiger partial charge in [-0.1, -0.05) is 31.5 Å². The first-order chi connectivity index (χ1) is 13.7. The van der Waals surface area contributed by atoms with Crippen molar-refractivity contribution in [3.63, 3.8) is 0 Å². The summed E-state index contributed by atoms with van der Waals surface area (Å²) in [7, 11) is 3.32. The smallest absolute Gasteiger partial charge is 0.376 e. The summed E-state index contributed by atoms with van der Waals surface area (Å²) in [5.41, 5.74) is 3.50. The molecule has 1 N–H and O–H groups in total. The lowest BCUT2D eigenvalue weighted by atomic mass is 10.3. The van der Waals surface area contributed by atoms with Crippen LogP contribution < -0.4 is 5.48 Å². The van der Waals surface area contributed by atoms with Gasteiger partial charge in [-0.25, -0.2) is 10.3 Å². The number of benzene rings is 1. The minimum atomic E-state index is -0.512. The Hall–Kier alpha value is -2.51. The van der Waals surface area contributed by atoms with Crippen LogP contribution in [0.15, 0.2) is 54.4 Å². The van der Waals surface area contributed by atoms with Gasteiger partial charge in [-0.15, -0.1) is 0 Å². The van der Waals surface area contributed by atoms with Crippen LogP contribution in [0, 0.1) is 0 Å². The molecule has 0 unspecified atom stereocenters. The Bertz CT molecular complexity index is 582. The summed E-state index contributed by atoms with van der Waals surface area (Å²) >= 11 is 0. The maximum absolute atomic E-state index is 12.3. The number of ether oxygens (including phenoxy) is 3. The molecule has 0 aliphatic heterocycles. The van der Waals surface area contributed by atoms with Gasteiger partial charge in [-0.05, 0) is 36.9 Å². The van der Waals surface area contributed by atoms with Crippen LogP contribution in [0.1, 0.15) is 19.8 Å². The Morgan fingerprint density at radius 2 is 1.75 bits per heavy atom. The second-order valence-corrected chi connectivity index (χ2v) is 5.95. The second kappa shape index (κ2) is 15.5. The molecule has 0 saturated carbocycles. The van der Waals surface area contributed by atoms with E-state index in [0.717, 1.165) is 18.5 Å². The van der Waals surface area contributed by atoms with Crippen molar-refractivity contribution in [3.05, 3.63) is 54.4 Å². The summed E-state index contributed by atoms with van der Waals surface area (Å²) in [6.45, 7) is 5.01. The van der Waals surface area contributed by atoms with Crippen LogP contribution in [0.25, 0.3) is 0 Å². The number of carbonyl (C=O) groups is 1. The molecule has 1 aromatic rings. The van der Waals surface area contributed by atoms with Crippen LogP contribution in [-0.2, 0) is 23.8 Å². The summed E-state index contributed by atoms with van der Waals surface area (Å²) in [6.07, 6.45) is 6.95. The summed E-state index contributed by atoms with van der Waals surface area (Å²) in [6, 6.07) is 9.33. The van der Waals surface area contributed by atoms with Crippen LogP contribution in [0.2, 0.25) is 0 Å². The van der Waals surface area contributed by atoms with E-state index in [1.165, 1.54) is 0 Å². The van der Waals surface area contributed by atoms with Crippen LogP contribution in [0.3, 0.4) is 0 Å². The molecule has 0 bridgehead atoms. The Balaban J connectivity index is 2.76. The number of rotatable bonds is 15. The van der Waals surface area contributed by atoms with E-state index < -0.39 is 5.97 Å². The zero-order valence-corrected chi connectivity index (χ0v) is 17.1. The standard InChI is InChI=1S/C21H32N2O5/c1-4-5-16-27-21(24)20(28-22-19-10-7-6-8-11-19)12-9-13-23(14-17-25-2)15-18-26-3/h6-13,22H,4-5,14-18H2,1-3H3/b13-9+,20-12+. The highest BCUT2D eigenvalue weighted by Crippen LogP contribution is 2.09. The molecule has 1 rings (SSSR count). The van der Waals surface area contributed by atoms with E-state index in [4.69, 9.17) is 19.0 Å². The van der Waals surface area contributed by atoms with Gasteiger partial charge in [-0.3, -0.25) is 0 Å². The molecule has 0 radical (unpaired) electrons. The minimum absolute atomic E-state index is 0.0784. The normalized spacial score (nSPS) is 11.5. The van der Waals surface area contributed by atoms with E-state index in [0.29, 0.717) is 32.9 Å². The molecule has 0 spiro atoms. The first-order valence-corrected chi connectivity index (χ1v) is 9.46. The topological polar surface area (TPSA) is 69.3 Å². The summed E-state index contributed by atoms with van der Waals surface area (Å²) in [5.74, 6) is -0.434. The van der Waals surface area contributed by atoms with Gasteiger partial charge in [-0.2, -0.15) is 0 Å². The minimum Gasteiger partial charge on any atom is -0.460 e. The molecule has 0 aromatic heterocycles. The second-order valence-electron chi connectivity index (χ2n) is 5.95. The predicted molar refractivity (Wildman–Crippen MR) is 110 cm³/mol. The summed E-state index contributed by atoms with van der Waals surface area (Å²) in [4.78, 5) is 19.8. The van der Waals surface area contributed by atoms with E-state index in [1.807, 2.05) is 48.4 Å². The first kappa shape index (κ1) is 23.5. The van der Waals surface area contributed by atoms with Crippen molar-refractivity contribution in [3.8, 4) is 0 Å². The zero-order chi connectivity index (χ0) is 20.5. The first-order valence-electron chi connectivity index (χ1n) is 9.46. The van der Waals surface area contributed by atoms with Gasteiger partial charge in [0.25, 0.3) is 0 Å². The third kappa shape index (κ3) is 10.6. The molecule has 0 atom stereocenters. The van der Waals surface area contributed by atoms with Gasteiger partial charge < -0.3 is 23.9 Å². The lowest BCUT2D eigenvalue weighted by Gasteiger charge is -2.19. The molecular formula is C21H32N2O5. The van der Waals surface area contributed by atoms with E-state index in [2.05, 4.69) is 5.48 Å². The van der Waals surface area contributed by atoms with Gasteiger partial charge in [0.05, 0.1) is 25.5 Å². The highest BCUT2D eigenvalue weighted by molar-refractivity contribution is 5.86. The Morgan fingerprint density at radius 3 is 2.36 bits per heavy atom. The quantitative estimate of drug-likeness (QED) is 0.123. The Kier molecular flexibility index (Phi) is 13.1. The molecule has 156 valence electrons. The van der Waals surface area contributed by atoms with Gasteiger partial charge in [0.2, 0.25) is 5.76 Å². The fourth-order valence-corrected chi connectivity index (χ4v) is 2.07. The maximum atomic E-state index is 12.3. The number of carbonyl (C=O) groups excluding carboxylic acids is 1. The third-order valence-corrected chi connectivity index (χ3v) is 3.69. The predicted octanol–water partition coefficient (Wildman–Crippen LogP) is 3.37. The van der Waals surface area contributed by atoms with Crippen molar-refractivity contribution in [1.29, 1.82) is 0 Å². The van der Waals surface area contributed by atoms with Crippen molar-refractivity contribution in [2.45, 2.75) is 19.8 Å². The number of unbranched alkanes of at least 4 members (excludes halogenated alkanes) is 1. The highest BCUT2D eigenvalue weighted by atomic mass is 16.7. The fourth-order valence-electron chi connectivity index (χ4n) is 2.07. The third-order valence-electron chi connectivity index (χ3n) is 3.69. The molecular weight excluding hydrogens is 360 g/mol. The van der Waals surface area contributed by atoms with Crippen molar-refractivity contribution >= 4 is 11.7 Å². The number of nitrogens with one attached hydrogen (secondary N) is 1. The molecule has 28 heavy (non-hydrogen) atoms. The Labute approximate surface area is 167 Å². The van der Waals surface area contributed by atoms with E-state index in [9.17, 15) is 4.79 Å². The SMILES string of the molecule is CCCCOC(=O)/C(=C\C=C\N(CCOC)CCOC)ONc1ccccc1. The van der Waals surface area contributed by atoms with Gasteiger partial charge in [0.15, 0.2) is 0 Å². The molecule has 0 fully saturated rings. The van der Waals surface area contributed by atoms with Crippen molar-refractivity contribution in [2.75, 3.05) is 52.6 Å². The van der Waals surface area contributed by atoms with E-state index in [1.54, 1.807) is 26.4 Å². The number of allylic oxidation sites excluding steroid dienone is 2. The largest absolute Gasteiger partial charge is 0.460 e. The monoisotopic (exact) mass is 392 g/mol. The lowest BCUT2D eigenvalue weighted by molar-refractivity contribution is -0.142. The number of hydrogen-bond acceptors (Lipinski definition) is 7. The highest BCUT2D eigenvalue weighted by Gasteiger charge is 2.13. The number of nitrogens with zero attached hydrogens (tertiary/aromatic N) is 1. The number of hydrogen-bond donors (Lipinski definition) is 1. The Morgan fingerprint density at radius 1 is 1.07 bits per heavy atom. The molecule has 7 nitrogen and oxygen atoms in total. The number of methoxy groups -OCH3 is 2. The lowest BCUT2D eigenvalue weighted by Crippen LogP contribution is -2.25. The summed E-state index contributed by atoms with van der Waals surface area (Å²) in [5, 5.41) is 0. The average Bonchev–Trinajstić information content (AvgIpc) is 2.72. The van der Waals surface area contributed by atoms with Crippen LogP contribution in [-0.4, -0.2) is 58.0 Å². The molecule has 7 heteroatoms. The van der Waals surface area contributed by atoms with Crippen LogP contribution in [0.5, 0.6) is 0 Å². The maximum Gasteiger partial charge on any atom is 0.376 e. The van der Waals surface area contributed by atoms with Gasteiger partial charge in [0, 0.05) is 27.3 Å². The van der Waals surface area contributed by atoms with Crippen molar-refractivity contribution in [1.82, 2.24) is 4.90 Å². The van der Waals surface area contributed by atoms with Gasteiger partial charge in [0.1, 0.15) is 0 Å². The summed E-state index contributed by atoms with van der Waals surface area (Å²) < 4.78 is 15.5. The zero-order valence-electron chi connectivity index (χ0n) is 17.1. The molecule has 0 amide bonds. The molecule has 0 heterocycles. The van der Waals surface area contributed by atoms with E-state index >= 15 is 0 Å². The number of para-hydroxylation sites is 1. The molecule has 0 aliphatic rings. The van der Waals surface area contributed by atoms with Gasteiger partial charge >= 0.3 is 5.97 Å².